The van der Waals surface area contributed by atoms with E-state index in [1.54, 1.807) is 6.07 Å². The van der Waals surface area contributed by atoms with Crippen LogP contribution in [-0.2, 0) is 4.79 Å². The Morgan fingerprint density at radius 2 is 1.92 bits per heavy atom. The number of rotatable bonds is 4. The van der Waals surface area contributed by atoms with Crippen molar-refractivity contribution < 1.29 is 9.53 Å². The minimum atomic E-state index is -0.237. The van der Waals surface area contributed by atoms with Gasteiger partial charge in [0.05, 0.1) is 10.2 Å². The molecule has 24 heavy (non-hydrogen) atoms. The van der Waals surface area contributed by atoms with Crippen LogP contribution in [0.1, 0.15) is 16.7 Å². The fourth-order valence-electron chi connectivity index (χ4n) is 2.64. The van der Waals surface area contributed by atoms with Crippen LogP contribution in [0.25, 0.3) is 10.2 Å². The lowest BCUT2D eigenvalue weighted by Gasteiger charge is -2.12. The number of thiazole rings is 1. The van der Waals surface area contributed by atoms with E-state index in [2.05, 4.69) is 10.3 Å². The number of carbonyl (C=O) groups is 1. The highest BCUT2D eigenvalue weighted by atomic mass is 35.5. The van der Waals surface area contributed by atoms with Gasteiger partial charge in [-0.3, -0.25) is 10.1 Å². The average Bonchev–Trinajstić information content (AvgIpc) is 2.87. The molecule has 1 amide bonds. The largest absolute Gasteiger partial charge is 0.483 e. The van der Waals surface area contributed by atoms with Gasteiger partial charge in [-0.25, -0.2) is 4.98 Å². The van der Waals surface area contributed by atoms with Crippen LogP contribution >= 0.6 is 22.9 Å². The van der Waals surface area contributed by atoms with Crippen molar-refractivity contribution in [2.45, 2.75) is 20.8 Å². The normalized spacial score (nSPS) is 10.8. The van der Waals surface area contributed by atoms with Crippen molar-refractivity contribution in [3.8, 4) is 5.75 Å². The Balaban J connectivity index is 1.67. The van der Waals surface area contributed by atoms with Gasteiger partial charge in [0.25, 0.3) is 5.91 Å². The third kappa shape index (κ3) is 3.68. The lowest BCUT2D eigenvalue weighted by Crippen LogP contribution is -2.20. The molecule has 0 saturated heterocycles. The number of aromatic nitrogens is 1. The smallest absolute Gasteiger partial charge is 0.264 e. The van der Waals surface area contributed by atoms with Crippen LogP contribution in [0.3, 0.4) is 0 Å². The Hall–Kier alpha value is -2.11. The molecule has 0 fully saturated rings. The van der Waals surface area contributed by atoms with E-state index < -0.39 is 0 Å². The van der Waals surface area contributed by atoms with Crippen LogP contribution < -0.4 is 10.1 Å². The van der Waals surface area contributed by atoms with Gasteiger partial charge < -0.3 is 4.74 Å². The number of ether oxygens (including phenoxy) is 1. The molecule has 3 rings (SSSR count). The third-order valence-electron chi connectivity index (χ3n) is 3.55. The van der Waals surface area contributed by atoms with Gasteiger partial charge in [-0.2, -0.15) is 0 Å². The summed E-state index contributed by atoms with van der Waals surface area (Å²) < 4.78 is 6.63. The summed E-state index contributed by atoms with van der Waals surface area (Å²) in [7, 11) is 0. The number of aryl methyl sites for hydroxylation is 3. The van der Waals surface area contributed by atoms with E-state index in [1.807, 2.05) is 45.0 Å². The molecule has 0 radical (unpaired) electrons. The Labute approximate surface area is 149 Å². The third-order valence-corrected chi connectivity index (χ3v) is 4.72. The first-order valence-electron chi connectivity index (χ1n) is 7.49. The maximum absolute atomic E-state index is 12.1. The zero-order valence-corrected chi connectivity index (χ0v) is 15.2. The molecule has 4 nitrogen and oxygen atoms in total. The minimum absolute atomic E-state index is 0.0541. The van der Waals surface area contributed by atoms with Crippen LogP contribution in [0.4, 0.5) is 5.13 Å². The molecule has 0 aliphatic carbocycles. The van der Waals surface area contributed by atoms with Gasteiger partial charge in [0.2, 0.25) is 0 Å². The minimum Gasteiger partial charge on any atom is -0.483 e. The molecule has 2 aromatic carbocycles. The first kappa shape index (κ1) is 16.7. The molecule has 1 heterocycles. The van der Waals surface area contributed by atoms with Crippen molar-refractivity contribution >= 4 is 44.2 Å². The van der Waals surface area contributed by atoms with Gasteiger partial charge in [-0.1, -0.05) is 40.6 Å². The van der Waals surface area contributed by atoms with Crippen molar-refractivity contribution in [2.24, 2.45) is 0 Å². The van der Waals surface area contributed by atoms with Gasteiger partial charge in [-0.15, -0.1) is 0 Å². The molecule has 1 N–H and O–H groups in total. The summed E-state index contributed by atoms with van der Waals surface area (Å²) in [6.07, 6.45) is 0. The summed E-state index contributed by atoms with van der Waals surface area (Å²) in [6.45, 7) is 5.94. The maximum atomic E-state index is 12.1. The first-order chi connectivity index (χ1) is 11.4. The highest BCUT2D eigenvalue weighted by Crippen LogP contribution is 2.28. The molecule has 3 aromatic rings. The SMILES string of the molecule is Cc1cc(C)c(OCC(=O)Nc2nc3ccc(Cl)cc3s2)c(C)c1. The predicted molar refractivity (Wildman–Crippen MR) is 99.4 cm³/mol. The van der Waals surface area contributed by atoms with E-state index in [0.717, 1.165) is 27.1 Å². The number of fused-ring (bicyclic) bond motifs is 1. The van der Waals surface area contributed by atoms with E-state index in [4.69, 9.17) is 16.3 Å². The van der Waals surface area contributed by atoms with E-state index in [9.17, 15) is 4.79 Å². The molecule has 0 aliphatic rings. The van der Waals surface area contributed by atoms with Gasteiger partial charge in [0.1, 0.15) is 5.75 Å². The second-order valence-corrected chi connectivity index (χ2v) is 7.16. The molecule has 0 saturated carbocycles. The molecular weight excluding hydrogens is 344 g/mol. The molecule has 0 bridgehead atoms. The van der Waals surface area contributed by atoms with Gasteiger partial charge in [-0.05, 0) is 50.1 Å². The second kappa shape index (κ2) is 6.79. The van der Waals surface area contributed by atoms with Gasteiger partial charge in [0, 0.05) is 5.02 Å². The van der Waals surface area contributed by atoms with Gasteiger partial charge in [0.15, 0.2) is 11.7 Å². The standard InChI is InChI=1S/C18H17ClN2O2S/c1-10-6-11(2)17(12(3)7-10)23-9-16(22)21-18-20-14-5-4-13(19)8-15(14)24-18/h4-8H,9H2,1-3H3,(H,20,21,22). The quantitative estimate of drug-likeness (QED) is 0.720. The number of anilines is 1. The van der Waals surface area contributed by atoms with E-state index in [1.165, 1.54) is 16.9 Å². The fourth-order valence-corrected chi connectivity index (χ4v) is 3.80. The van der Waals surface area contributed by atoms with Crippen LogP contribution in [0.5, 0.6) is 5.75 Å². The predicted octanol–water partition coefficient (Wildman–Crippen LogP) is 4.89. The Bertz CT molecular complexity index is 898. The molecular formula is C18H17ClN2O2S. The lowest BCUT2D eigenvalue weighted by atomic mass is 10.1. The number of hydrogen-bond donors (Lipinski definition) is 1. The van der Waals surface area contributed by atoms with E-state index in [0.29, 0.717) is 10.2 Å². The summed E-state index contributed by atoms with van der Waals surface area (Å²) >= 11 is 7.35. The number of benzene rings is 2. The molecule has 0 unspecified atom stereocenters. The fraction of sp³-hybridized carbons (Fsp3) is 0.222. The van der Waals surface area contributed by atoms with Crippen LogP contribution in [-0.4, -0.2) is 17.5 Å². The van der Waals surface area contributed by atoms with E-state index >= 15 is 0 Å². The number of hydrogen-bond acceptors (Lipinski definition) is 4. The van der Waals surface area contributed by atoms with E-state index in [-0.39, 0.29) is 12.5 Å². The van der Waals surface area contributed by atoms with Crippen molar-refractivity contribution in [1.82, 2.24) is 4.98 Å². The highest BCUT2D eigenvalue weighted by Gasteiger charge is 2.11. The zero-order valence-electron chi connectivity index (χ0n) is 13.6. The summed E-state index contributed by atoms with van der Waals surface area (Å²) in [5, 5.41) is 3.96. The lowest BCUT2D eigenvalue weighted by molar-refractivity contribution is -0.118. The van der Waals surface area contributed by atoms with Crippen molar-refractivity contribution in [3.63, 3.8) is 0 Å². The number of halogens is 1. The molecule has 0 atom stereocenters. The van der Waals surface area contributed by atoms with Crippen LogP contribution in [0, 0.1) is 20.8 Å². The van der Waals surface area contributed by atoms with Crippen molar-refractivity contribution in [2.75, 3.05) is 11.9 Å². The molecule has 0 spiro atoms. The zero-order chi connectivity index (χ0) is 17.3. The van der Waals surface area contributed by atoms with Crippen molar-refractivity contribution in [3.05, 3.63) is 52.0 Å². The topological polar surface area (TPSA) is 51.2 Å². The molecule has 6 heteroatoms. The summed E-state index contributed by atoms with van der Waals surface area (Å²) in [5.41, 5.74) is 4.03. The Kier molecular flexibility index (Phi) is 4.73. The van der Waals surface area contributed by atoms with Crippen LogP contribution in [0.15, 0.2) is 30.3 Å². The van der Waals surface area contributed by atoms with Crippen LogP contribution in [0.2, 0.25) is 5.02 Å². The summed E-state index contributed by atoms with van der Waals surface area (Å²) in [5.74, 6) is 0.520. The number of amides is 1. The maximum Gasteiger partial charge on any atom is 0.264 e. The summed E-state index contributed by atoms with van der Waals surface area (Å²) in [6, 6.07) is 9.52. The first-order valence-corrected chi connectivity index (χ1v) is 8.68. The van der Waals surface area contributed by atoms with Gasteiger partial charge >= 0.3 is 0 Å². The Morgan fingerprint density at radius 3 is 2.62 bits per heavy atom. The molecule has 1 aromatic heterocycles. The average molecular weight is 361 g/mol. The number of nitrogens with one attached hydrogen (secondary N) is 1. The molecule has 0 aliphatic heterocycles. The Morgan fingerprint density at radius 1 is 1.21 bits per heavy atom. The number of nitrogens with zero attached hydrogens (tertiary/aromatic N) is 1. The summed E-state index contributed by atoms with van der Waals surface area (Å²) in [4.78, 5) is 16.5. The second-order valence-electron chi connectivity index (χ2n) is 5.70. The highest BCUT2D eigenvalue weighted by molar-refractivity contribution is 7.22. The van der Waals surface area contributed by atoms with Crippen molar-refractivity contribution in [1.29, 1.82) is 0 Å². The molecule has 124 valence electrons. The number of carbonyl (C=O) groups excluding carboxylic acids is 1. The monoisotopic (exact) mass is 360 g/mol.